The van der Waals surface area contributed by atoms with E-state index >= 15 is 0 Å². The predicted octanol–water partition coefficient (Wildman–Crippen LogP) is 2.55. The van der Waals surface area contributed by atoms with Crippen molar-refractivity contribution in [2.75, 3.05) is 51.3 Å². The van der Waals surface area contributed by atoms with Crippen LogP contribution >= 0.6 is 0 Å². The Kier molecular flexibility index (Phi) is 7.19. The minimum atomic E-state index is -0.259. The fourth-order valence-corrected chi connectivity index (χ4v) is 3.32. The molecule has 0 unspecified atom stereocenters. The molecular formula is C22H26FN3O3. The number of rotatable bonds is 7. The van der Waals surface area contributed by atoms with E-state index in [0.717, 1.165) is 12.1 Å². The lowest BCUT2D eigenvalue weighted by molar-refractivity contribution is 0.0747. The molecule has 1 heterocycles. The number of anilines is 1. The van der Waals surface area contributed by atoms with Crippen molar-refractivity contribution in [1.82, 2.24) is 10.2 Å². The number of hydrogen-bond donors (Lipinski definition) is 1. The first kappa shape index (κ1) is 20.8. The van der Waals surface area contributed by atoms with Gasteiger partial charge in [-0.1, -0.05) is 6.07 Å². The highest BCUT2D eigenvalue weighted by Gasteiger charge is 2.23. The molecule has 3 rings (SSSR count). The predicted molar refractivity (Wildman–Crippen MR) is 110 cm³/mol. The largest absolute Gasteiger partial charge is 0.385 e. The molecule has 2 aromatic carbocycles. The third-order valence-electron chi connectivity index (χ3n) is 4.94. The van der Waals surface area contributed by atoms with E-state index in [1.807, 2.05) is 0 Å². The molecule has 1 N–H and O–H groups in total. The number of benzene rings is 2. The molecule has 0 spiro atoms. The molecule has 0 radical (unpaired) electrons. The first-order chi connectivity index (χ1) is 14.1. The van der Waals surface area contributed by atoms with Crippen LogP contribution in [0.2, 0.25) is 0 Å². The monoisotopic (exact) mass is 399 g/mol. The molecule has 6 nitrogen and oxygen atoms in total. The normalized spacial score (nSPS) is 14.0. The second-order valence-electron chi connectivity index (χ2n) is 6.94. The lowest BCUT2D eigenvalue weighted by Gasteiger charge is -2.36. The van der Waals surface area contributed by atoms with E-state index < -0.39 is 0 Å². The summed E-state index contributed by atoms with van der Waals surface area (Å²) in [7, 11) is 1.62. The summed E-state index contributed by atoms with van der Waals surface area (Å²) in [4.78, 5) is 29.1. The zero-order valence-corrected chi connectivity index (χ0v) is 16.6. The van der Waals surface area contributed by atoms with Crippen LogP contribution < -0.4 is 10.2 Å². The van der Waals surface area contributed by atoms with Gasteiger partial charge in [-0.2, -0.15) is 0 Å². The number of piperazine rings is 1. The third-order valence-corrected chi connectivity index (χ3v) is 4.94. The summed E-state index contributed by atoms with van der Waals surface area (Å²) in [6.07, 6.45) is 0.735. The molecule has 2 aromatic rings. The molecule has 2 amide bonds. The summed E-state index contributed by atoms with van der Waals surface area (Å²) in [5.41, 5.74) is 1.92. The van der Waals surface area contributed by atoms with E-state index in [9.17, 15) is 14.0 Å². The van der Waals surface area contributed by atoms with Crippen LogP contribution in [0.4, 0.5) is 10.1 Å². The molecule has 0 saturated carbocycles. The Morgan fingerprint density at radius 1 is 1.03 bits per heavy atom. The second kappa shape index (κ2) is 10.0. The molecule has 0 bridgehead atoms. The summed E-state index contributed by atoms with van der Waals surface area (Å²) >= 11 is 0. The number of hydrogen-bond acceptors (Lipinski definition) is 4. The van der Waals surface area contributed by atoms with Crippen molar-refractivity contribution >= 4 is 17.5 Å². The Bertz CT molecular complexity index is 833. The van der Waals surface area contributed by atoms with E-state index in [-0.39, 0.29) is 17.6 Å². The number of methoxy groups -OCH3 is 1. The Balaban J connectivity index is 1.57. The van der Waals surface area contributed by atoms with E-state index in [0.29, 0.717) is 50.5 Å². The van der Waals surface area contributed by atoms with E-state index in [2.05, 4.69) is 10.2 Å². The van der Waals surface area contributed by atoms with Gasteiger partial charge in [0.2, 0.25) is 0 Å². The van der Waals surface area contributed by atoms with Gasteiger partial charge >= 0.3 is 0 Å². The van der Waals surface area contributed by atoms with Crippen LogP contribution in [-0.2, 0) is 4.74 Å². The van der Waals surface area contributed by atoms with Gasteiger partial charge in [0.25, 0.3) is 11.8 Å². The highest BCUT2D eigenvalue weighted by molar-refractivity contribution is 5.99. The van der Waals surface area contributed by atoms with Gasteiger partial charge < -0.3 is 19.9 Å². The fraction of sp³-hybridized carbons (Fsp3) is 0.364. The van der Waals surface area contributed by atoms with Crippen LogP contribution in [-0.4, -0.2) is 63.2 Å². The summed E-state index contributed by atoms with van der Waals surface area (Å²) in [6.45, 7) is 3.61. The Morgan fingerprint density at radius 2 is 1.72 bits per heavy atom. The van der Waals surface area contributed by atoms with Crippen LogP contribution in [0.1, 0.15) is 27.1 Å². The molecule has 1 fully saturated rings. The highest BCUT2D eigenvalue weighted by Crippen LogP contribution is 2.18. The first-order valence-electron chi connectivity index (χ1n) is 9.75. The van der Waals surface area contributed by atoms with Crippen LogP contribution in [0.5, 0.6) is 0 Å². The summed E-state index contributed by atoms with van der Waals surface area (Å²) in [6, 6.07) is 13.2. The van der Waals surface area contributed by atoms with Gasteiger partial charge in [-0.15, -0.1) is 0 Å². The average molecular weight is 399 g/mol. The van der Waals surface area contributed by atoms with Gasteiger partial charge in [-0.05, 0) is 48.9 Å². The number of nitrogens with zero attached hydrogens (tertiary/aromatic N) is 2. The summed E-state index contributed by atoms with van der Waals surface area (Å²) in [5.74, 6) is -0.542. The number of ether oxygens (including phenoxy) is 1. The number of carbonyl (C=O) groups excluding carboxylic acids is 2. The van der Waals surface area contributed by atoms with Crippen LogP contribution in [0.15, 0.2) is 48.5 Å². The minimum Gasteiger partial charge on any atom is -0.385 e. The van der Waals surface area contributed by atoms with Crippen molar-refractivity contribution in [1.29, 1.82) is 0 Å². The maximum absolute atomic E-state index is 13.1. The maximum atomic E-state index is 13.1. The first-order valence-corrected chi connectivity index (χ1v) is 9.75. The van der Waals surface area contributed by atoms with Gasteiger partial charge in [-0.25, -0.2) is 4.39 Å². The van der Waals surface area contributed by atoms with Gasteiger partial charge in [0.1, 0.15) is 5.82 Å². The minimum absolute atomic E-state index is 0.0854. The Labute approximate surface area is 170 Å². The summed E-state index contributed by atoms with van der Waals surface area (Å²) < 4.78 is 18.1. The van der Waals surface area contributed by atoms with Crippen LogP contribution in [0, 0.1) is 5.82 Å². The lowest BCUT2D eigenvalue weighted by atomic mass is 10.1. The van der Waals surface area contributed by atoms with Crippen molar-refractivity contribution < 1.29 is 18.7 Å². The number of halogens is 1. The van der Waals surface area contributed by atoms with Crippen molar-refractivity contribution in [2.45, 2.75) is 6.42 Å². The fourth-order valence-electron chi connectivity index (χ4n) is 3.32. The van der Waals surface area contributed by atoms with Crippen molar-refractivity contribution in [3.8, 4) is 0 Å². The molecule has 0 atom stereocenters. The topological polar surface area (TPSA) is 61.9 Å². The molecule has 29 heavy (non-hydrogen) atoms. The molecule has 1 aliphatic rings. The van der Waals surface area contributed by atoms with E-state index in [1.165, 1.54) is 12.1 Å². The Morgan fingerprint density at radius 3 is 2.41 bits per heavy atom. The standard InChI is InChI=1S/C22H26FN3O3/c1-29-15-3-10-24-21(27)17-4-2-5-18(16-17)22(28)26-13-11-25(12-14-26)20-8-6-19(23)7-9-20/h2,4-9,16H,3,10-15H2,1H3,(H,24,27). The molecular weight excluding hydrogens is 373 g/mol. The smallest absolute Gasteiger partial charge is 0.253 e. The zero-order chi connectivity index (χ0) is 20.6. The molecule has 0 aliphatic carbocycles. The van der Waals surface area contributed by atoms with Gasteiger partial charge in [0, 0.05) is 63.3 Å². The summed E-state index contributed by atoms with van der Waals surface area (Å²) in [5, 5.41) is 2.83. The van der Waals surface area contributed by atoms with Gasteiger partial charge in [0.15, 0.2) is 0 Å². The Hall–Kier alpha value is -2.93. The SMILES string of the molecule is COCCCNC(=O)c1cccc(C(=O)N2CCN(c3ccc(F)cc3)CC2)c1. The zero-order valence-electron chi connectivity index (χ0n) is 16.6. The maximum Gasteiger partial charge on any atom is 0.253 e. The van der Waals surface area contributed by atoms with Crippen molar-refractivity contribution in [2.24, 2.45) is 0 Å². The van der Waals surface area contributed by atoms with Gasteiger partial charge in [0.05, 0.1) is 0 Å². The van der Waals surface area contributed by atoms with Crippen LogP contribution in [0.25, 0.3) is 0 Å². The second-order valence-corrected chi connectivity index (χ2v) is 6.94. The molecule has 7 heteroatoms. The number of amides is 2. The number of carbonyl (C=O) groups is 2. The van der Waals surface area contributed by atoms with Crippen molar-refractivity contribution in [3.05, 3.63) is 65.5 Å². The molecule has 1 saturated heterocycles. The highest BCUT2D eigenvalue weighted by atomic mass is 19.1. The average Bonchev–Trinajstić information content (AvgIpc) is 2.77. The van der Waals surface area contributed by atoms with Crippen LogP contribution in [0.3, 0.4) is 0 Å². The lowest BCUT2D eigenvalue weighted by Crippen LogP contribution is -2.48. The van der Waals surface area contributed by atoms with Gasteiger partial charge in [-0.3, -0.25) is 9.59 Å². The third kappa shape index (κ3) is 5.54. The molecule has 1 aliphatic heterocycles. The number of nitrogens with one attached hydrogen (secondary N) is 1. The molecule has 0 aromatic heterocycles. The van der Waals surface area contributed by atoms with E-state index in [4.69, 9.17) is 4.74 Å². The quantitative estimate of drug-likeness (QED) is 0.727. The molecule has 154 valence electrons. The van der Waals surface area contributed by atoms with E-state index in [1.54, 1.807) is 48.4 Å². The van der Waals surface area contributed by atoms with Crippen molar-refractivity contribution in [3.63, 3.8) is 0 Å².